The number of aliphatic hydroxyl groups excluding tert-OH is 1. The molecule has 0 aliphatic rings. The summed E-state index contributed by atoms with van der Waals surface area (Å²) in [6.07, 6.45) is -3.41. The Morgan fingerprint density at radius 3 is 2.55 bits per heavy atom. The fraction of sp³-hybridized carbons (Fsp3) is 0.263. The molecule has 29 heavy (non-hydrogen) atoms. The Morgan fingerprint density at radius 1 is 1.10 bits per heavy atom. The molecule has 0 aliphatic heterocycles. The maximum atomic E-state index is 12.9. The van der Waals surface area contributed by atoms with E-state index in [1.54, 1.807) is 6.07 Å². The summed E-state index contributed by atoms with van der Waals surface area (Å²) in [6, 6.07) is 6.17. The fourth-order valence-electron chi connectivity index (χ4n) is 2.99. The number of carbonyl (C=O) groups is 1. The monoisotopic (exact) mass is 407 g/mol. The Bertz CT molecular complexity index is 1170. The summed E-state index contributed by atoms with van der Waals surface area (Å²) in [5.74, 6) is -1.55. The smallest absolute Gasteiger partial charge is 0.416 e. The molecule has 0 amide bonds. The number of benzene rings is 1. The van der Waals surface area contributed by atoms with Crippen molar-refractivity contribution in [2.75, 3.05) is 0 Å². The average molecular weight is 407 g/mol. The van der Waals surface area contributed by atoms with E-state index in [0.717, 1.165) is 16.6 Å². The third-order valence-corrected chi connectivity index (χ3v) is 4.37. The predicted molar refractivity (Wildman–Crippen MR) is 96.2 cm³/mol. The second-order valence-corrected chi connectivity index (χ2v) is 6.42. The van der Waals surface area contributed by atoms with Crippen LogP contribution in [0.25, 0.3) is 11.4 Å². The van der Waals surface area contributed by atoms with E-state index in [0.29, 0.717) is 11.1 Å². The number of aliphatic hydroxyl groups is 1. The van der Waals surface area contributed by atoms with Gasteiger partial charge in [0.1, 0.15) is 12.1 Å². The average Bonchev–Trinajstić information content (AvgIpc) is 3.13. The Morgan fingerprint density at radius 2 is 1.86 bits per heavy atom. The Labute approximate surface area is 161 Å². The largest absolute Gasteiger partial charge is 0.510 e. The highest BCUT2D eigenvalue weighted by molar-refractivity contribution is 5.68. The summed E-state index contributed by atoms with van der Waals surface area (Å²) in [5.41, 5.74) is -0.150. The molecule has 3 aromatic rings. The van der Waals surface area contributed by atoms with Crippen molar-refractivity contribution in [1.29, 1.82) is 0 Å². The standard InChI is InChI=1S/C19H16F3N3O4/c20-19(21,22)13-3-1-2-11(8-13)4-5-12-9-15(27)17(14(26)6-7-16(28)29)25-18(12)23-10-24-25/h1-3,8-10,26H,4-7H2,(H,28,29)/b17-14-. The molecule has 0 aliphatic carbocycles. The van der Waals surface area contributed by atoms with Crippen LogP contribution in [0.1, 0.15) is 29.5 Å². The number of nitrogens with zero attached hydrogens (tertiary/aromatic N) is 3. The van der Waals surface area contributed by atoms with Crippen molar-refractivity contribution in [2.45, 2.75) is 31.9 Å². The molecule has 10 heteroatoms. The zero-order chi connectivity index (χ0) is 21.2. The van der Waals surface area contributed by atoms with Crippen LogP contribution in [0.3, 0.4) is 0 Å². The van der Waals surface area contributed by atoms with E-state index in [1.807, 2.05) is 0 Å². The summed E-state index contributed by atoms with van der Waals surface area (Å²) in [7, 11) is 0. The summed E-state index contributed by atoms with van der Waals surface area (Å²) in [5, 5.41) is 22.6. The van der Waals surface area contributed by atoms with Crippen molar-refractivity contribution in [2.24, 2.45) is 0 Å². The molecule has 1 aromatic carbocycles. The van der Waals surface area contributed by atoms with Crippen LogP contribution in [0, 0.1) is 0 Å². The van der Waals surface area contributed by atoms with Gasteiger partial charge in [0.05, 0.1) is 12.0 Å². The molecule has 2 aromatic heterocycles. The summed E-state index contributed by atoms with van der Waals surface area (Å²) < 4.78 is 39.7. The van der Waals surface area contributed by atoms with Crippen molar-refractivity contribution in [3.63, 3.8) is 0 Å². The summed E-state index contributed by atoms with van der Waals surface area (Å²) >= 11 is 0. The van der Waals surface area contributed by atoms with E-state index >= 15 is 0 Å². The minimum Gasteiger partial charge on any atom is -0.510 e. The quantitative estimate of drug-likeness (QED) is 0.649. The maximum Gasteiger partial charge on any atom is 0.416 e. The van der Waals surface area contributed by atoms with Crippen molar-refractivity contribution < 1.29 is 28.2 Å². The van der Waals surface area contributed by atoms with Gasteiger partial charge >= 0.3 is 12.1 Å². The molecule has 0 saturated carbocycles. The van der Waals surface area contributed by atoms with Crippen molar-refractivity contribution in [3.8, 4) is 0 Å². The number of halogens is 3. The van der Waals surface area contributed by atoms with E-state index in [9.17, 15) is 27.9 Å². The number of carboxylic acid groups (broad SMARTS) is 1. The number of aromatic nitrogens is 3. The number of rotatable bonds is 6. The van der Waals surface area contributed by atoms with E-state index in [1.165, 1.54) is 18.5 Å². The third kappa shape index (κ3) is 4.53. The zero-order valence-corrected chi connectivity index (χ0v) is 15.0. The number of alkyl halides is 3. The van der Waals surface area contributed by atoms with Crippen LogP contribution in [-0.4, -0.2) is 30.8 Å². The topological polar surface area (TPSA) is 105 Å². The molecule has 7 nitrogen and oxygen atoms in total. The lowest BCUT2D eigenvalue weighted by atomic mass is 10.0. The van der Waals surface area contributed by atoms with E-state index in [-0.39, 0.29) is 36.7 Å². The van der Waals surface area contributed by atoms with Gasteiger partial charge in [-0.05, 0) is 30.5 Å². The van der Waals surface area contributed by atoms with Crippen LogP contribution in [0.5, 0.6) is 0 Å². The van der Waals surface area contributed by atoms with Gasteiger partial charge in [-0.3, -0.25) is 9.59 Å². The number of aliphatic carboxylic acids is 1. The van der Waals surface area contributed by atoms with Crippen molar-refractivity contribution >= 4 is 17.4 Å². The molecule has 0 bridgehead atoms. The first-order chi connectivity index (χ1) is 13.7. The number of fused-ring (bicyclic) bond motifs is 1. The summed E-state index contributed by atoms with van der Waals surface area (Å²) in [6.45, 7) is 0. The Balaban J connectivity index is 1.94. The molecular weight excluding hydrogens is 391 g/mol. The first-order valence-electron chi connectivity index (χ1n) is 8.62. The second kappa shape index (κ2) is 7.90. The zero-order valence-electron chi connectivity index (χ0n) is 15.0. The van der Waals surface area contributed by atoms with Gasteiger partial charge in [0.25, 0.3) is 0 Å². The maximum absolute atomic E-state index is 12.9. The molecule has 0 radical (unpaired) electrons. The first-order valence-corrected chi connectivity index (χ1v) is 8.62. The molecule has 2 heterocycles. The molecule has 152 valence electrons. The molecule has 0 fully saturated rings. The lowest BCUT2D eigenvalue weighted by Gasteiger charge is -2.09. The molecule has 0 saturated heterocycles. The molecule has 0 spiro atoms. The SMILES string of the molecule is O=C(O)CC/C(O)=c1\c(=O)cc(CCc2cccc(C(F)(F)F)c2)c2ncnn12. The van der Waals surface area contributed by atoms with Gasteiger partial charge in [-0.2, -0.15) is 18.3 Å². The van der Waals surface area contributed by atoms with E-state index in [2.05, 4.69) is 10.1 Å². The van der Waals surface area contributed by atoms with Crippen LogP contribution in [0.2, 0.25) is 0 Å². The predicted octanol–water partition coefficient (Wildman–Crippen LogP) is 2.14. The second-order valence-electron chi connectivity index (χ2n) is 6.42. The third-order valence-electron chi connectivity index (χ3n) is 4.37. The number of hydrogen-bond acceptors (Lipinski definition) is 5. The fourth-order valence-corrected chi connectivity index (χ4v) is 2.99. The molecule has 0 unspecified atom stereocenters. The number of pyridine rings is 1. The first kappa shape index (κ1) is 20.3. The lowest BCUT2D eigenvalue weighted by molar-refractivity contribution is -0.138. The highest BCUT2D eigenvalue weighted by Crippen LogP contribution is 2.29. The van der Waals surface area contributed by atoms with Gasteiger partial charge in [0.15, 0.2) is 11.0 Å². The van der Waals surface area contributed by atoms with Crippen LogP contribution < -0.4 is 10.8 Å². The minimum atomic E-state index is -4.44. The van der Waals surface area contributed by atoms with Gasteiger partial charge in [0.2, 0.25) is 5.43 Å². The molecule has 0 atom stereocenters. The number of carboxylic acids is 1. The van der Waals surface area contributed by atoms with Gasteiger partial charge < -0.3 is 10.2 Å². The van der Waals surface area contributed by atoms with Crippen LogP contribution >= 0.6 is 0 Å². The van der Waals surface area contributed by atoms with Gasteiger partial charge in [0, 0.05) is 12.0 Å². The van der Waals surface area contributed by atoms with Crippen LogP contribution in [0.15, 0.2) is 41.5 Å². The molecule has 3 rings (SSSR count). The van der Waals surface area contributed by atoms with Gasteiger partial charge in [-0.1, -0.05) is 18.2 Å². The van der Waals surface area contributed by atoms with Crippen LogP contribution in [-0.2, 0) is 23.8 Å². The lowest BCUT2D eigenvalue weighted by Crippen LogP contribution is -2.35. The highest BCUT2D eigenvalue weighted by atomic mass is 19.4. The minimum absolute atomic E-state index is 0.179. The van der Waals surface area contributed by atoms with Gasteiger partial charge in [-0.25, -0.2) is 9.50 Å². The molecular formula is C19H16F3N3O4. The number of hydrogen-bond donors (Lipinski definition) is 2. The van der Waals surface area contributed by atoms with Crippen molar-refractivity contribution in [3.05, 3.63) is 68.9 Å². The number of aryl methyl sites for hydroxylation is 2. The van der Waals surface area contributed by atoms with Crippen molar-refractivity contribution in [1.82, 2.24) is 14.6 Å². The normalized spacial score (nSPS) is 12.9. The van der Waals surface area contributed by atoms with E-state index < -0.39 is 28.9 Å². The Kier molecular flexibility index (Phi) is 5.53. The van der Waals surface area contributed by atoms with Gasteiger partial charge in [-0.15, -0.1) is 0 Å². The Hall–Kier alpha value is -3.43. The molecule has 2 N–H and O–H groups in total. The van der Waals surface area contributed by atoms with E-state index in [4.69, 9.17) is 5.11 Å². The summed E-state index contributed by atoms with van der Waals surface area (Å²) in [4.78, 5) is 27.2. The van der Waals surface area contributed by atoms with Crippen LogP contribution in [0.4, 0.5) is 13.2 Å². The highest BCUT2D eigenvalue weighted by Gasteiger charge is 2.30.